The van der Waals surface area contributed by atoms with E-state index in [1.807, 2.05) is 38.1 Å². The summed E-state index contributed by atoms with van der Waals surface area (Å²) in [6.07, 6.45) is 3.34. The van der Waals surface area contributed by atoms with Crippen molar-refractivity contribution in [3.05, 3.63) is 81.6 Å². The summed E-state index contributed by atoms with van der Waals surface area (Å²) in [4.78, 5) is 28.9. The number of furan rings is 1. The fraction of sp³-hybridized carbons (Fsp3) is 0.190. The zero-order valence-electron chi connectivity index (χ0n) is 15.1. The van der Waals surface area contributed by atoms with Crippen molar-refractivity contribution >= 4 is 22.6 Å². The number of hydrogen-bond donors (Lipinski definition) is 0. The maximum absolute atomic E-state index is 12.2. The molecule has 136 valence electrons. The summed E-state index contributed by atoms with van der Waals surface area (Å²) < 4.78 is 12.3. The summed E-state index contributed by atoms with van der Waals surface area (Å²) >= 11 is 0. The van der Waals surface area contributed by atoms with Crippen LogP contribution in [0.2, 0.25) is 0 Å². The highest BCUT2D eigenvalue weighted by atomic mass is 16.5. The third kappa shape index (κ3) is 3.33. The van der Waals surface area contributed by atoms with Gasteiger partial charge in [-0.3, -0.25) is 14.0 Å². The second-order valence-electron chi connectivity index (χ2n) is 6.57. The van der Waals surface area contributed by atoms with E-state index >= 15 is 0 Å². The van der Waals surface area contributed by atoms with Crippen molar-refractivity contribution < 1.29 is 13.9 Å². The summed E-state index contributed by atoms with van der Waals surface area (Å²) in [6, 6.07) is 10.9. The van der Waals surface area contributed by atoms with Crippen molar-refractivity contribution in [2.45, 2.75) is 26.9 Å². The molecule has 0 saturated heterocycles. The van der Waals surface area contributed by atoms with Crippen molar-refractivity contribution in [3.63, 3.8) is 0 Å². The summed E-state index contributed by atoms with van der Waals surface area (Å²) in [6.45, 7) is 3.81. The molecule has 6 heteroatoms. The van der Waals surface area contributed by atoms with Crippen molar-refractivity contribution in [1.29, 1.82) is 0 Å². The molecule has 0 aliphatic rings. The molecule has 0 atom stereocenters. The molecule has 1 aromatic carbocycles. The van der Waals surface area contributed by atoms with Crippen molar-refractivity contribution in [2.24, 2.45) is 0 Å². The molecular weight excluding hydrogens is 344 g/mol. The van der Waals surface area contributed by atoms with Gasteiger partial charge in [-0.15, -0.1) is 0 Å². The van der Waals surface area contributed by atoms with Crippen LogP contribution in [0.1, 0.15) is 22.4 Å². The first-order valence-corrected chi connectivity index (χ1v) is 8.61. The van der Waals surface area contributed by atoms with Crippen LogP contribution >= 0.6 is 0 Å². The Balaban J connectivity index is 1.50. The molecule has 0 aliphatic carbocycles. The molecule has 27 heavy (non-hydrogen) atoms. The van der Waals surface area contributed by atoms with E-state index in [4.69, 9.17) is 9.15 Å². The zero-order chi connectivity index (χ0) is 19.0. The van der Waals surface area contributed by atoms with E-state index in [0.29, 0.717) is 11.3 Å². The number of ether oxygens (including phenoxy) is 1. The van der Waals surface area contributed by atoms with Crippen molar-refractivity contribution in [1.82, 2.24) is 9.38 Å². The molecule has 0 spiro atoms. The number of rotatable bonds is 4. The van der Waals surface area contributed by atoms with E-state index < -0.39 is 5.97 Å². The predicted molar refractivity (Wildman–Crippen MR) is 101 cm³/mol. The largest absolute Gasteiger partial charge is 0.464 e. The Labute approximate surface area is 155 Å². The van der Waals surface area contributed by atoms with Gasteiger partial charge in [-0.2, -0.15) is 0 Å². The van der Waals surface area contributed by atoms with Crippen LogP contribution in [0, 0.1) is 13.8 Å². The number of esters is 1. The SMILES string of the molecule is Cc1ccc2c(CC(=O)OCc3cc(=O)n4cccc(C)c4n3)coc2c1. The highest BCUT2D eigenvalue weighted by Gasteiger charge is 2.13. The number of fused-ring (bicyclic) bond motifs is 2. The van der Waals surface area contributed by atoms with E-state index in [1.165, 1.54) is 10.5 Å². The van der Waals surface area contributed by atoms with Crippen LogP contribution in [0.3, 0.4) is 0 Å². The van der Waals surface area contributed by atoms with Crippen LogP contribution in [0.5, 0.6) is 0 Å². The fourth-order valence-electron chi connectivity index (χ4n) is 3.07. The van der Waals surface area contributed by atoms with Crippen LogP contribution in [-0.2, 0) is 22.6 Å². The predicted octanol–water partition coefficient (Wildman–Crippen LogP) is 3.34. The van der Waals surface area contributed by atoms with Crippen LogP contribution < -0.4 is 5.56 Å². The van der Waals surface area contributed by atoms with Crippen molar-refractivity contribution in [2.75, 3.05) is 0 Å². The lowest BCUT2D eigenvalue weighted by Crippen LogP contribution is -2.17. The van der Waals surface area contributed by atoms with Crippen LogP contribution in [0.25, 0.3) is 16.6 Å². The van der Waals surface area contributed by atoms with Gasteiger partial charge >= 0.3 is 5.97 Å². The van der Waals surface area contributed by atoms with E-state index in [9.17, 15) is 9.59 Å². The highest BCUT2D eigenvalue weighted by molar-refractivity contribution is 5.86. The molecule has 0 fully saturated rings. The van der Waals surface area contributed by atoms with Gasteiger partial charge in [0.15, 0.2) is 0 Å². The minimum absolute atomic E-state index is 0.0478. The second kappa shape index (κ2) is 6.72. The topological polar surface area (TPSA) is 73.8 Å². The molecular formula is C21H18N2O4. The summed E-state index contributed by atoms with van der Waals surface area (Å²) in [5.41, 5.74) is 4.28. The van der Waals surface area contributed by atoms with Gasteiger partial charge in [-0.1, -0.05) is 18.2 Å². The van der Waals surface area contributed by atoms with E-state index in [-0.39, 0.29) is 18.6 Å². The summed E-state index contributed by atoms with van der Waals surface area (Å²) in [7, 11) is 0. The number of aromatic nitrogens is 2. The van der Waals surface area contributed by atoms with Crippen LogP contribution in [-0.4, -0.2) is 15.4 Å². The molecule has 4 rings (SSSR count). The quantitative estimate of drug-likeness (QED) is 0.521. The minimum atomic E-state index is -0.398. The molecule has 0 amide bonds. The molecule has 0 N–H and O–H groups in total. The van der Waals surface area contributed by atoms with Gasteiger partial charge in [0, 0.05) is 23.2 Å². The fourth-order valence-corrected chi connectivity index (χ4v) is 3.07. The standard InChI is InChI=1S/C21H18N2O4/c1-13-5-6-17-15(11-26-18(17)8-13)9-20(25)27-12-16-10-19(24)23-7-3-4-14(2)21(23)22-16/h3-8,10-11H,9,12H2,1-2H3. The number of aryl methyl sites for hydroxylation is 2. The van der Waals surface area contributed by atoms with Gasteiger partial charge in [0.1, 0.15) is 17.8 Å². The Kier molecular flexibility index (Phi) is 4.24. The lowest BCUT2D eigenvalue weighted by Gasteiger charge is -2.07. The monoisotopic (exact) mass is 362 g/mol. The number of benzene rings is 1. The highest BCUT2D eigenvalue weighted by Crippen LogP contribution is 2.23. The van der Waals surface area contributed by atoms with Crippen LogP contribution in [0.4, 0.5) is 0 Å². The molecule has 0 saturated carbocycles. The Morgan fingerprint density at radius 3 is 2.93 bits per heavy atom. The number of nitrogens with zero attached hydrogens (tertiary/aromatic N) is 2. The first-order chi connectivity index (χ1) is 13.0. The molecule has 0 bridgehead atoms. The summed E-state index contributed by atoms with van der Waals surface area (Å²) in [5.74, 6) is -0.398. The lowest BCUT2D eigenvalue weighted by molar-refractivity contribution is -0.144. The molecule has 6 nitrogen and oxygen atoms in total. The Hall–Kier alpha value is -3.41. The maximum Gasteiger partial charge on any atom is 0.310 e. The Morgan fingerprint density at radius 1 is 1.22 bits per heavy atom. The summed E-state index contributed by atoms with van der Waals surface area (Å²) in [5, 5.41) is 0.898. The molecule has 3 aromatic heterocycles. The maximum atomic E-state index is 12.2. The first kappa shape index (κ1) is 17.0. The van der Waals surface area contributed by atoms with Gasteiger partial charge in [0.2, 0.25) is 0 Å². The molecule has 3 heterocycles. The lowest BCUT2D eigenvalue weighted by atomic mass is 10.1. The van der Waals surface area contributed by atoms with Crippen LogP contribution in [0.15, 0.2) is 58.1 Å². The average molecular weight is 362 g/mol. The van der Waals surface area contributed by atoms with Crippen molar-refractivity contribution in [3.8, 4) is 0 Å². The van der Waals surface area contributed by atoms with Gasteiger partial charge < -0.3 is 9.15 Å². The number of carbonyl (C=O) groups excluding carboxylic acids is 1. The average Bonchev–Trinajstić information content (AvgIpc) is 3.02. The Bertz CT molecular complexity index is 1220. The smallest absolute Gasteiger partial charge is 0.310 e. The number of carbonyl (C=O) groups is 1. The number of pyridine rings is 1. The van der Waals surface area contributed by atoms with E-state index in [2.05, 4.69) is 4.98 Å². The zero-order valence-corrected chi connectivity index (χ0v) is 15.1. The van der Waals surface area contributed by atoms with Gasteiger partial charge in [0.05, 0.1) is 18.4 Å². The minimum Gasteiger partial charge on any atom is -0.464 e. The Morgan fingerprint density at radius 2 is 2.07 bits per heavy atom. The third-order valence-electron chi connectivity index (χ3n) is 4.47. The first-order valence-electron chi connectivity index (χ1n) is 8.61. The molecule has 0 aliphatic heterocycles. The molecule has 0 radical (unpaired) electrons. The van der Waals surface area contributed by atoms with Gasteiger partial charge in [-0.05, 0) is 37.1 Å². The second-order valence-corrected chi connectivity index (χ2v) is 6.57. The molecule has 4 aromatic rings. The normalized spacial score (nSPS) is 11.2. The number of hydrogen-bond acceptors (Lipinski definition) is 5. The third-order valence-corrected chi connectivity index (χ3v) is 4.47. The van der Waals surface area contributed by atoms with Gasteiger partial charge in [-0.25, -0.2) is 4.98 Å². The molecule has 0 unspecified atom stereocenters. The van der Waals surface area contributed by atoms with Gasteiger partial charge in [0.25, 0.3) is 5.56 Å². The van der Waals surface area contributed by atoms with E-state index in [0.717, 1.165) is 27.7 Å². The van der Waals surface area contributed by atoms with E-state index in [1.54, 1.807) is 18.5 Å².